The Balaban J connectivity index is 1.79. The van der Waals surface area contributed by atoms with Crippen LogP contribution in [0.2, 0.25) is 0 Å². The van der Waals surface area contributed by atoms with Crippen molar-refractivity contribution in [2.45, 2.75) is 13.1 Å². The maximum atomic E-state index is 14.4. The second-order valence-corrected chi connectivity index (χ2v) is 7.59. The minimum Gasteiger partial charge on any atom is -0.348 e. The highest BCUT2D eigenvalue weighted by Gasteiger charge is 2.24. The van der Waals surface area contributed by atoms with E-state index in [4.69, 9.17) is 0 Å². The molecule has 2 heterocycles. The van der Waals surface area contributed by atoms with E-state index in [0.717, 1.165) is 41.8 Å². The predicted molar refractivity (Wildman–Crippen MR) is 95.6 cm³/mol. The van der Waals surface area contributed by atoms with Gasteiger partial charge in [-0.15, -0.1) is 0 Å². The lowest BCUT2D eigenvalue weighted by molar-refractivity contribution is 0.0966. The van der Waals surface area contributed by atoms with Crippen molar-refractivity contribution in [3.05, 3.63) is 58.7 Å². The van der Waals surface area contributed by atoms with Gasteiger partial charge in [-0.2, -0.15) is 11.8 Å². The molecule has 130 valence electrons. The zero-order valence-corrected chi connectivity index (χ0v) is 14.5. The molecule has 0 atom stereocenters. The van der Waals surface area contributed by atoms with Crippen molar-refractivity contribution in [1.29, 1.82) is 0 Å². The fourth-order valence-electron chi connectivity index (χ4n) is 3.41. The van der Waals surface area contributed by atoms with Gasteiger partial charge in [-0.05, 0) is 34.9 Å². The fraction of sp³-hybridized carbons (Fsp3) is 0.316. The van der Waals surface area contributed by atoms with E-state index in [1.165, 1.54) is 12.1 Å². The van der Waals surface area contributed by atoms with Gasteiger partial charge in [0.05, 0.1) is 0 Å². The summed E-state index contributed by atoms with van der Waals surface area (Å²) in [5.74, 6) is 0.833. The predicted octanol–water partition coefficient (Wildman–Crippen LogP) is 3.42. The standard InChI is InChI=1S/C19H18F2N2OS/c20-14-1-2-15(18(21)8-14)16-9-17-12(10-22-19(17)24)7-13(16)11-23-3-5-25-6-4-23/h1-2,7-9H,3-6,10-11H2,(H,22,24). The van der Waals surface area contributed by atoms with Crippen molar-refractivity contribution in [2.75, 3.05) is 24.6 Å². The van der Waals surface area contributed by atoms with Crippen LogP contribution in [-0.2, 0) is 13.1 Å². The lowest BCUT2D eigenvalue weighted by Gasteiger charge is -2.27. The summed E-state index contributed by atoms with van der Waals surface area (Å²) in [6.07, 6.45) is 0. The quantitative estimate of drug-likeness (QED) is 0.910. The number of halogens is 2. The average Bonchev–Trinajstić information content (AvgIpc) is 2.96. The minimum absolute atomic E-state index is 0.139. The van der Waals surface area contributed by atoms with E-state index in [-0.39, 0.29) is 5.91 Å². The first-order valence-electron chi connectivity index (χ1n) is 8.31. The summed E-state index contributed by atoms with van der Waals surface area (Å²) < 4.78 is 27.7. The summed E-state index contributed by atoms with van der Waals surface area (Å²) in [7, 11) is 0. The fourth-order valence-corrected chi connectivity index (χ4v) is 4.39. The number of benzene rings is 2. The van der Waals surface area contributed by atoms with E-state index in [2.05, 4.69) is 10.2 Å². The van der Waals surface area contributed by atoms with Gasteiger partial charge in [0, 0.05) is 54.9 Å². The molecule has 25 heavy (non-hydrogen) atoms. The van der Waals surface area contributed by atoms with Gasteiger partial charge in [-0.25, -0.2) is 8.78 Å². The highest BCUT2D eigenvalue weighted by molar-refractivity contribution is 7.99. The molecule has 1 fully saturated rings. The zero-order chi connectivity index (χ0) is 17.4. The van der Waals surface area contributed by atoms with Crippen molar-refractivity contribution in [3.63, 3.8) is 0 Å². The molecule has 2 aromatic rings. The molecule has 0 bridgehead atoms. The molecule has 0 saturated carbocycles. The van der Waals surface area contributed by atoms with Gasteiger partial charge in [-0.3, -0.25) is 9.69 Å². The van der Waals surface area contributed by atoms with Crippen LogP contribution in [0.1, 0.15) is 21.5 Å². The summed E-state index contributed by atoms with van der Waals surface area (Å²) in [5, 5.41) is 2.81. The molecule has 0 aromatic heterocycles. The average molecular weight is 360 g/mol. The molecular formula is C19H18F2N2OS. The molecule has 0 radical (unpaired) electrons. The largest absolute Gasteiger partial charge is 0.348 e. The Morgan fingerprint density at radius 2 is 1.84 bits per heavy atom. The van der Waals surface area contributed by atoms with Crippen LogP contribution in [0.3, 0.4) is 0 Å². The molecular weight excluding hydrogens is 342 g/mol. The molecule has 0 spiro atoms. The van der Waals surface area contributed by atoms with Gasteiger partial charge in [0.2, 0.25) is 0 Å². The molecule has 2 aliphatic heterocycles. The molecule has 0 unspecified atom stereocenters. The van der Waals surface area contributed by atoms with Crippen molar-refractivity contribution < 1.29 is 13.6 Å². The number of carbonyl (C=O) groups excluding carboxylic acids is 1. The zero-order valence-electron chi connectivity index (χ0n) is 13.6. The lowest BCUT2D eigenvalue weighted by Crippen LogP contribution is -2.32. The van der Waals surface area contributed by atoms with Crippen LogP contribution in [0.4, 0.5) is 8.78 Å². The Labute approximate surface area is 149 Å². The van der Waals surface area contributed by atoms with E-state index >= 15 is 0 Å². The highest BCUT2D eigenvalue weighted by atomic mass is 32.2. The van der Waals surface area contributed by atoms with Crippen LogP contribution >= 0.6 is 11.8 Å². The molecule has 2 aromatic carbocycles. The Kier molecular flexibility index (Phi) is 4.48. The van der Waals surface area contributed by atoms with E-state index in [1.54, 1.807) is 6.07 Å². The third-order valence-electron chi connectivity index (χ3n) is 4.73. The van der Waals surface area contributed by atoms with Crippen LogP contribution in [-0.4, -0.2) is 35.4 Å². The Morgan fingerprint density at radius 3 is 2.60 bits per heavy atom. The Morgan fingerprint density at radius 1 is 1.04 bits per heavy atom. The molecule has 1 saturated heterocycles. The van der Waals surface area contributed by atoms with Gasteiger partial charge >= 0.3 is 0 Å². The van der Waals surface area contributed by atoms with Crippen LogP contribution in [0.15, 0.2) is 30.3 Å². The first-order valence-corrected chi connectivity index (χ1v) is 9.47. The van der Waals surface area contributed by atoms with E-state index in [0.29, 0.717) is 29.8 Å². The number of hydrogen-bond donors (Lipinski definition) is 1. The van der Waals surface area contributed by atoms with E-state index in [1.807, 2.05) is 17.8 Å². The van der Waals surface area contributed by atoms with Gasteiger partial charge < -0.3 is 5.32 Å². The highest BCUT2D eigenvalue weighted by Crippen LogP contribution is 2.32. The topological polar surface area (TPSA) is 32.3 Å². The first kappa shape index (κ1) is 16.5. The molecule has 4 rings (SSSR count). The van der Waals surface area contributed by atoms with Crippen LogP contribution in [0.5, 0.6) is 0 Å². The number of thioether (sulfide) groups is 1. The number of nitrogens with zero attached hydrogens (tertiary/aromatic N) is 1. The number of hydrogen-bond acceptors (Lipinski definition) is 3. The van der Waals surface area contributed by atoms with Gasteiger partial charge in [0.1, 0.15) is 11.6 Å². The SMILES string of the molecule is O=C1NCc2cc(CN3CCSCC3)c(-c3ccc(F)cc3F)cc21. The minimum atomic E-state index is -0.603. The molecule has 2 aliphatic rings. The van der Waals surface area contributed by atoms with Crippen molar-refractivity contribution >= 4 is 17.7 Å². The van der Waals surface area contributed by atoms with Gasteiger partial charge in [0.25, 0.3) is 5.91 Å². The third-order valence-corrected chi connectivity index (χ3v) is 5.67. The third kappa shape index (κ3) is 3.28. The molecule has 1 amide bonds. The number of amides is 1. The van der Waals surface area contributed by atoms with Crippen LogP contribution < -0.4 is 5.32 Å². The second-order valence-electron chi connectivity index (χ2n) is 6.36. The molecule has 0 aliphatic carbocycles. The number of fused-ring (bicyclic) bond motifs is 1. The Hall–Kier alpha value is -1.92. The summed E-state index contributed by atoms with van der Waals surface area (Å²) in [5.41, 5.74) is 3.51. The molecule has 6 heteroatoms. The van der Waals surface area contributed by atoms with Crippen molar-refractivity contribution in [1.82, 2.24) is 10.2 Å². The number of carbonyl (C=O) groups is 1. The van der Waals surface area contributed by atoms with E-state index < -0.39 is 11.6 Å². The van der Waals surface area contributed by atoms with Gasteiger partial charge in [-0.1, -0.05) is 6.07 Å². The number of rotatable bonds is 3. The summed E-state index contributed by atoms with van der Waals surface area (Å²) in [4.78, 5) is 14.4. The van der Waals surface area contributed by atoms with E-state index in [9.17, 15) is 13.6 Å². The second kappa shape index (κ2) is 6.77. The summed E-state index contributed by atoms with van der Waals surface area (Å²) in [6, 6.07) is 7.35. The van der Waals surface area contributed by atoms with Gasteiger partial charge in [0.15, 0.2) is 0 Å². The maximum absolute atomic E-state index is 14.4. The lowest BCUT2D eigenvalue weighted by atomic mass is 9.93. The molecule has 1 N–H and O–H groups in total. The normalized spacial score (nSPS) is 17.4. The smallest absolute Gasteiger partial charge is 0.251 e. The summed E-state index contributed by atoms with van der Waals surface area (Å²) in [6.45, 7) is 3.19. The maximum Gasteiger partial charge on any atom is 0.251 e. The monoisotopic (exact) mass is 360 g/mol. The molecule has 3 nitrogen and oxygen atoms in total. The Bertz CT molecular complexity index is 834. The first-order chi connectivity index (χ1) is 12.1. The summed E-state index contributed by atoms with van der Waals surface area (Å²) >= 11 is 1.94. The van der Waals surface area contributed by atoms with Crippen LogP contribution in [0, 0.1) is 11.6 Å². The van der Waals surface area contributed by atoms with Crippen LogP contribution in [0.25, 0.3) is 11.1 Å². The van der Waals surface area contributed by atoms with Crippen molar-refractivity contribution in [3.8, 4) is 11.1 Å². The van der Waals surface area contributed by atoms with Crippen molar-refractivity contribution in [2.24, 2.45) is 0 Å². The number of nitrogens with one attached hydrogen (secondary N) is 1.